The molecule has 4 heteroatoms. The van der Waals surface area contributed by atoms with Gasteiger partial charge in [-0.25, -0.2) is 4.98 Å². The first-order valence-electron chi connectivity index (χ1n) is 4.88. The molecule has 1 fully saturated rings. The van der Waals surface area contributed by atoms with Crippen molar-refractivity contribution in [2.24, 2.45) is 0 Å². The number of hydrogen-bond acceptors (Lipinski definition) is 4. The largest absolute Gasteiger partial charge is 0.472 e. The van der Waals surface area contributed by atoms with E-state index in [-0.39, 0.29) is 6.10 Å². The topological polar surface area (TPSA) is 38.3 Å². The smallest absolute Gasteiger partial charge is 0.235 e. The highest BCUT2D eigenvalue weighted by atomic mass is 16.5. The van der Waals surface area contributed by atoms with Crippen LogP contribution in [0.5, 0.6) is 5.88 Å². The highest BCUT2D eigenvalue weighted by molar-refractivity contribution is 5.15. The standard InChI is InChI=1S/C10H15N3O/c1-8-10(12-5-4-11-8)14-9-3-6-13(2)7-9/h4-5,9H,3,6-7H2,1-2H3. The minimum Gasteiger partial charge on any atom is -0.472 e. The number of likely N-dealkylation sites (N-methyl/N-ethyl adjacent to an activating group) is 1. The summed E-state index contributed by atoms with van der Waals surface area (Å²) in [5.41, 5.74) is 0.863. The third kappa shape index (κ3) is 2.01. The van der Waals surface area contributed by atoms with Crippen LogP contribution in [-0.4, -0.2) is 41.1 Å². The maximum Gasteiger partial charge on any atom is 0.235 e. The Bertz CT molecular complexity index is 316. The number of ether oxygens (including phenoxy) is 1. The van der Waals surface area contributed by atoms with Gasteiger partial charge in [-0.2, -0.15) is 0 Å². The van der Waals surface area contributed by atoms with Crippen molar-refractivity contribution >= 4 is 0 Å². The summed E-state index contributed by atoms with van der Waals surface area (Å²) >= 11 is 0. The van der Waals surface area contributed by atoms with E-state index in [9.17, 15) is 0 Å². The average molecular weight is 193 g/mol. The molecule has 4 nitrogen and oxygen atoms in total. The van der Waals surface area contributed by atoms with Crippen LogP contribution < -0.4 is 4.74 Å². The molecule has 2 rings (SSSR count). The molecule has 0 N–H and O–H groups in total. The highest BCUT2D eigenvalue weighted by Gasteiger charge is 2.21. The summed E-state index contributed by atoms with van der Waals surface area (Å²) in [4.78, 5) is 10.6. The monoisotopic (exact) mass is 193 g/mol. The quantitative estimate of drug-likeness (QED) is 0.698. The zero-order valence-corrected chi connectivity index (χ0v) is 8.60. The van der Waals surface area contributed by atoms with Gasteiger partial charge in [-0.05, 0) is 20.4 Å². The van der Waals surface area contributed by atoms with Gasteiger partial charge in [0.15, 0.2) is 0 Å². The maximum absolute atomic E-state index is 5.76. The Balaban J connectivity index is 2.01. The van der Waals surface area contributed by atoms with Gasteiger partial charge in [0.05, 0.1) is 5.69 Å². The van der Waals surface area contributed by atoms with Crippen LogP contribution in [0.15, 0.2) is 12.4 Å². The van der Waals surface area contributed by atoms with E-state index in [0.717, 1.165) is 25.2 Å². The minimum atomic E-state index is 0.274. The highest BCUT2D eigenvalue weighted by Crippen LogP contribution is 2.16. The van der Waals surface area contributed by atoms with E-state index in [4.69, 9.17) is 4.74 Å². The molecule has 2 heterocycles. The van der Waals surface area contributed by atoms with Gasteiger partial charge in [0.1, 0.15) is 6.10 Å². The predicted molar refractivity (Wildman–Crippen MR) is 53.3 cm³/mol. The Labute approximate surface area is 83.9 Å². The molecule has 0 aliphatic carbocycles. The third-order valence-corrected chi connectivity index (χ3v) is 2.46. The third-order valence-electron chi connectivity index (χ3n) is 2.46. The second-order valence-corrected chi connectivity index (χ2v) is 3.74. The summed E-state index contributed by atoms with van der Waals surface area (Å²) in [5.74, 6) is 0.674. The molecular weight excluding hydrogens is 178 g/mol. The van der Waals surface area contributed by atoms with Crippen molar-refractivity contribution in [1.82, 2.24) is 14.9 Å². The fourth-order valence-corrected chi connectivity index (χ4v) is 1.66. The lowest BCUT2D eigenvalue weighted by Crippen LogP contribution is -2.22. The maximum atomic E-state index is 5.76. The zero-order chi connectivity index (χ0) is 9.97. The van der Waals surface area contributed by atoms with Crippen molar-refractivity contribution < 1.29 is 4.74 Å². The Morgan fingerprint density at radius 2 is 2.21 bits per heavy atom. The van der Waals surface area contributed by atoms with E-state index >= 15 is 0 Å². The van der Waals surface area contributed by atoms with E-state index < -0.39 is 0 Å². The minimum absolute atomic E-state index is 0.274. The molecule has 1 aromatic rings. The molecule has 1 aliphatic rings. The van der Waals surface area contributed by atoms with E-state index in [0.29, 0.717) is 5.88 Å². The number of nitrogens with zero attached hydrogens (tertiary/aromatic N) is 3. The fourth-order valence-electron chi connectivity index (χ4n) is 1.66. The van der Waals surface area contributed by atoms with Gasteiger partial charge >= 0.3 is 0 Å². The second-order valence-electron chi connectivity index (χ2n) is 3.74. The van der Waals surface area contributed by atoms with Crippen LogP contribution in [0.25, 0.3) is 0 Å². The van der Waals surface area contributed by atoms with Crippen molar-refractivity contribution in [2.45, 2.75) is 19.4 Å². The number of aromatic nitrogens is 2. The van der Waals surface area contributed by atoms with Crippen LogP contribution >= 0.6 is 0 Å². The molecule has 1 atom stereocenters. The van der Waals surface area contributed by atoms with Crippen molar-refractivity contribution in [1.29, 1.82) is 0 Å². The first-order chi connectivity index (χ1) is 6.75. The lowest BCUT2D eigenvalue weighted by Gasteiger charge is -2.13. The van der Waals surface area contributed by atoms with Crippen molar-refractivity contribution in [2.75, 3.05) is 20.1 Å². The Hall–Kier alpha value is -1.16. The zero-order valence-electron chi connectivity index (χ0n) is 8.60. The van der Waals surface area contributed by atoms with Crippen LogP contribution in [0.4, 0.5) is 0 Å². The summed E-state index contributed by atoms with van der Waals surface area (Å²) in [6.45, 7) is 4.00. The molecule has 1 aliphatic heterocycles. The van der Waals surface area contributed by atoms with Crippen molar-refractivity contribution in [3.05, 3.63) is 18.1 Å². The Morgan fingerprint density at radius 1 is 1.43 bits per heavy atom. The number of hydrogen-bond donors (Lipinski definition) is 0. The molecular formula is C10H15N3O. The summed E-state index contributed by atoms with van der Waals surface area (Å²) in [6.07, 6.45) is 4.70. The average Bonchev–Trinajstić information content (AvgIpc) is 2.56. The lowest BCUT2D eigenvalue weighted by molar-refractivity contribution is 0.197. The predicted octanol–water partition coefficient (Wildman–Crippen LogP) is 0.868. The molecule has 14 heavy (non-hydrogen) atoms. The van der Waals surface area contributed by atoms with E-state index in [1.165, 1.54) is 0 Å². The summed E-state index contributed by atoms with van der Waals surface area (Å²) in [5, 5.41) is 0. The van der Waals surface area contributed by atoms with E-state index in [2.05, 4.69) is 21.9 Å². The molecule has 0 saturated carbocycles. The summed E-state index contributed by atoms with van der Waals surface area (Å²) < 4.78 is 5.76. The van der Waals surface area contributed by atoms with Crippen LogP contribution in [0.3, 0.4) is 0 Å². The van der Waals surface area contributed by atoms with Crippen LogP contribution in [0.1, 0.15) is 12.1 Å². The molecule has 76 valence electrons. The van der Waals surface area contributed by atoms with Crippen LogP contribution in [0, 0.1) is 6.92 Å². The van der Waals surface area contributed by atoms with Gasteiger partial charge in [-0.3, -0.25) is 4.98 Å². The van der Waals surface area contributed by atoms with Gasteiger partial charge in [-0.15, -0.1) is 0 Å². The van der Waals surface area contributed by atoms with E-state index in [1.807, 2.05) is 6.92 Å². The molecule has 1 unspecified atom stereocenters. The molecule has 0 spiro atoms. The van der Waals surface area contributed by atoms with Crippen LogP contribution in [-0.2, 0) is 0 Å². The normalized spacial score (nSPS) is 22.6. The van der Waals surface area contributed by atoms with Gasteiger partial charge in [-0.1, -0.05) is 0 Å². The number of rotatable bonds is 2. The molecule has 0 radical (unpaired) electrons. The van der Waals surface area contributed by atoms with Gasteiger partial charge in [0.2, 0.25) is 5.88 Å². The summed E-state index contributed by atoms with van der Waals surface area (Å²) in [7, 11) is 2.10. The molecule has 0 aromatic carbocycles. The first kappa shape index (κ1) is 9.40. The van der Waals surface area contributed by atoms with Crippen molar-refractivity contribution in [3.63, 3.8) is 0 Å². The van der Waals surface area contributed by atoms with Gasteiger partial charge < -0.3 is 9.64 Å². The van der Waals surface area contributed by atoms with Crippen LogP contribution in [0.2, 0.25) is 0 Å². The molecule has 1 aromatic heterocycles. The lowest BCUT2D eigenvalue weighted by atomic mass is 10.3. The number of aryl methyl sites for hydroxylation is 1. The van der Waals surface area contributed by atoms with Gasteiger partial charge in [0.25, 0.3) is 0 Å². The second kappa shape index (κ2) is 3.92. The molecule has 1 saturated heterocycles. The first-order valence-corrected chi connectivity index (χ1v) is 4.88. The SMILES string of the molecule is Cc1nccnc1OC1CCN(C)C1. The van der Waals surface area contributed by atoms with Gasteiger partial charge in [0, 0.05) is 25.5 Å². The molecule has 0 amide bonds. The summed E-state index contributed by atoms with van der Waals surface area (Å²) in [6, 6.07) is 0. The fraction of sp³-hybridized carbons (Fsp3) is 0.600. The Morgan fingerprint density at radius 3 is 2.86 bits per heavy atom. The Kier molecular flexibility index (Phi) is 2.63. The van der Waals surface area contributed by atoms with Crippen molar-refractivity contribution in [3.8, 4) is 5.88 Å². The number of likely N-dealkylation sites (tertiary alicyclic amines) is 1. The van der Waals surface area contributed by atoms with E-state index in [1.54, 1.807) is 12.4 Å². The molecule has 0 bridgehead atoms.